The molecule has 0 aromatic heterocycles. The highest BCUT2D eigenvalue weighted by atomic mass is 14.5. The molecule has 0 heterocycles. The zero-order valence-electron chi connectivity index (χ0n) is 33.2. The second-order valence-electron chi connectivity index (χ2n) is 21.4. The molecule has 0 fully saturated rings. The molecule has 43 heavy (non-hydrogen) atoms. The molecule has 0 radical (unpaired) electrons. The predicted molar refractivity (Wildman–Crippen MR) is 196 cm³/mol. The third-order valence-electron chi connectivity index (χ3n) is 9.31. The maximum atomic E-state index is 2.61. The van der Waals surface area contributed by atoms with E-state index < -0.39 is 0 Å². The van der Waals surface area contributed by atoms with Crippen molar-refractivity contribution in [1.29, 1.82) is 0 Å². The Balaban J connectivity index is 3.59. The fourth-order valence-corrected chi connectivity index (χ4v) is 7.11. The lowest BCUT2D eigenvalue weighted by atomic mass is 9.57. The predicted octanol–water partition coefficient (Wildman–Crippen LogP) is 13.1. The molecule has 0 aliphatic heterocycles. The van der Waals surface area contributed by atoms with E-state index in [4.69, 9.17) is 0 Å². The van der Waals surface area contributed by atoms with Crippen LogP contribution in [0.15, 0.2) is 18.2 Å². The topological polar surface area (TPSA) is 0 Å². The summed E-state index contributed by atoms with van der Waals surface area (Å²) in [6, 6.07) is 7.75. The Morgan fingerprint density at radius 3 is 0.721 bits per heavy atom. The highest BCUT2D eigenvalue weighted by molar-refractivity contribution is 5.64. The molecule has 0 aliphatic rings. The summed E-state index contributed by atoms with van der Waals surface area (Å²) < 4.78 is 0. The van der Waals surface area contributed by atoms with Gasteiger partial charge in [0.1, 0.15) is 0 Å². The average Bonchev–Trinajstić information content (AvgIpc) is 2.72. The first-order valence-corrected chi connectivity index (χ1v) is 17.0. The molecule has 0 unspecified atom stereocenters. The van der Waals surface area contributed by atoms with Gasteiger partial charge in [-0.25, -0.2) is 0 Å². The van der Waals surface area contributed by atoms with Crippen LogP contribution in [-0.4, -0.2) is 0 Å². The Hall–Kier alpha value is -1.56. The summed E-state index contributed by atoms with van der Waals surface area (Å²) >= 11 is 0. The first-order chi connectivity index (χ1) is 18.5. The van der Waals surface area contributed by atoms with Crippen molar-refractivity contribution in [2.45, 2.75) is 203 Å². The first kappa shape index (κ1) is 37.6. The molecule has 0 aliphatic carbocycles. The highest BCUT2D eigenvalue weighted by Gasteiger charge is 2.45. The Bertz CT molecular complexity index is 1240. The Labute approximate surface area is 270 Å². The second-order valence-corrected chi connectivity index (χ2v) is 21.4. The van der Waals surface area contributed by atoms with Crippen molar-refractivity contribution in [1.82, 2.24) is 0 Å². The Kier molecular flexibility index (Phi) is 9.42. The molecular weight excluding hydrogens is 516 g/mol. The van der Waals surface area contributed by atoms with Gasteiger partial charge in [-0.15, -0.1) is 0 Å². The molecule has 2 rings (SSSR count). The van der Waals surface area contributed by atoms with Crippen LogP contribution in [0.4, 0.5) is 0 Å². The van der Waals surface area contributed by atoms with Gasteiger partial charge in [-0.1, -0.05) is 177 Å². The molecular formula is C43H72. The average molecular weight is 589 g/mol. The van der Waals surface area contributed by atoms with Gasteiger partial charge in [-0.05, 0) is 88.0 Å². The van der Waals surface area contributed by atoms with Crippen LogP contribution < -0.4 is 0 Å². The summed E-state index contributed by atoms with van der Waals surface area (Å²) in [5.74, 6) is 0. The van der Waals surface area contributed by atoms with Gasteiger partial charge >= 0.3 is 0 Å². The van der Waals surface area contributed by atoms with Crippen LogP contribution >= 0.6 is 0 Å². The summed E-state index contributed by atoms with van der Waals surface area (Å²) in [5, 5.41) is 0. The molecule has 0 spiro atoms. The van der Waals surface area contributed by atoms with E-state index in [0.717, 1.165) is 0 Å². The normalized spacial score (nSPS) is 14.9. The second kappa shape index (κ2) is 10.8. The highest BCUT2D eigenvalue weighted by Crippen LogP contribution is 2.54. The monoisotopic (exact) mass is 589 g/mol. The molecule has 2 aromatic rings. The van der Waals surface area contributed by atoms with Gasteiger partial charge in [0.25, 0.3) is 0 Å². The zero-order valence-corrected chi connectivity index (χ0v) is 33.2. The maximum absolute atomic E-state index is 2.61. The van der Waals surface area contributed by atoms with Crippen LogP contribution in [0.2, 0.25) is 0 Å². The van der Waals surface area contributed by atoms with E-state index in [1.54, 1.807) is 16.7 Å². The molecule has 0 bridgehead atoms. The van der Waals surface area contributed by atoms with Crippen molar-refractivity contribution in [3.63, 3.8) is 0 Å². The van der Waals surface area contributed by atoms with Gasteiger partial charge in [0.15, 0.2) is 0 Å². The first-order valence-electron chi connectivity index (χ1n) is 17.0. The summed E-state index contributed by atoms with van der Waals surface area (Å²) in [4.78, 5) is 0. The Morgan fingerprint density at radius 2 is 0.512 bits per heavy atom. The summed E-state index contributed by atoms with van der Waals surface area (Å²) in [5.41, 5.74) is 13.4. The van der Waals surface area contributed by atoms with Crippen molar-refractivity contribution in [3.05, 3.63) is 68.3 Å². The van der Waals surface area contributed by atoms with Crippen LogP contribution in [0.25, 0.3) is 0 Å². The Morgan fingerprint density at radius 1 is 0.256 bits per heavy atom. The molecule has 0 nitrogen and oxygen atoms in total. The smallest absolute Gasteiger partial charge is 0.0158 e. The molecule has 0 saturated heterocycles. The van der Waals surface area contributed by atoms with Crippen LogP contribution in [0.5, 0.6) is 0 Å². The lowest BCUT2D eigenvalue weighted by Gasteiger charge is -2.47. The lowest BCUT2D eigenvalue weighted by Crippen LogP contribution is -2.39. The summed E-state index contributed by atoms with van der Waals surface area (Å²) in [6.45, 7) is 55.9. The van der Waals surface area contributed by atoms with Crippen molar-refractivity contribution < 1.29 is 0 Å². The summed E-state index contributed by atoms with van der Waals surface area (Å²) in [6.07, 6.45) is 0. The number of rotatable bonds is 2. The van der Waals surface area contributed by atoms with E-state index in [2.05, 4.69) is 177 Å². The standard InChI is InChI=1S/C43H72/c1-36(2,3)27-24-28(37(4,5)6)32(29(25-27)38(7,8)9)43(22,23)35-33(41(16,17)18)30(39(10,11)12)26-31(40(13,14)15)34(35)42(19,20)21/h24-26H,1-23H3. The van der Waals surface area contributed by atoms with E-state index in [0.29, 0.717) is 0 Å². The molecule has 0 saturated carbocycles. The van der Waals surface area contributed by atoms with E-state index in [-0.39, 0.29) is 43.3 Å². The van der Waals surface area contributed by atoms with Crippen LogP contribution in [0.3, 0.4) is 0 Å². The van der Waals surface area contributed by atoms with Gasteiger partial charge in [0.05, 0.1) is 0 Å². The van der Waals surface area contributed by atoms with Crippen LogP contribution in [0.1, 0.15) is 209 Å². The van der Waals surface area contributed by atoms with Gasteiger partial charge in [0, 0.05) is 5.41 Å². The number of benzene rings is 2. The third kappa shape index (κ3) is 7.64. The minimum atomic E-state index is -0.242. The molecule has 2 aromatic carbocycles. The van der Waals surface area contributed by atoms with Crippen molar-refractivity contribution >= 4 is 0 Å². The number of hydrogen-bond acceptors (Lipinski definition) is 0. The van der Waals surface area contributed by atoms with Crippen LogP contribution in [-0.2, 0) is 43.3 Å². The maximum Gasteiger partial charge on any atom is 0.0158 e. The van der Waals surface area contributed by atoms with Crippen molar-refractivity contribution in [3.8, 4) is 0 Å². The van der Waals surface area contributed by atoms with Gasteiger partial charge in [-0.2, -0.15) is 0 Å². The zero-order chi connectivity index (χ0) is 34.3. The van der Waals surface area contributed by atoms with Gasteiger partial charge in [-0.3, -0.25) is 0 Å². The SMILES string of the molecule is CC(C)(C)c1cc(C(C)(C)C)c(C(C)(C)c2c(C(C)(C)C)c(C(C)(C)C)cc(C(C)(C)C)c2C(C)(C)C)c(C(C)(C)C)c1. The quantitative estimate of drug-likeness (QED) is 0.327. The molecule has 244 valence electrons. The van der Waals surface area contributed by atoms with E-state index in [1.165, 1.54) is 33.4 Å². The largest absolute Gasteiger partial charge is 0.0561 e. The van der Waals surface area contributed by atoms with E-state index in [1.807, 2.05) is 0 Å². The molecule has 0 N–H and O–H groups in total. The van der Waals surface area contributed by atoms with Gasteiger partial charge < -0.3 is 0 Å². The third-order valence-corrected chi connectivity index (χ3v) is 9.31. The fourth-order valence-electron chi connectivity index (χ4n) is 7.11. The minimum Gasteiger partial charge on any atom is -0.0561 e. The van der Waals surface area contributed by atoms with E-state index in [9.17, 15) is 0 Å². The van der Waals surface area contributed by atoms with E-state index >= 15 is 0 Å². The molecule has 0 amide bonds. The van der Waals surface area contributed by atoms with Crippen molar-refractivity contribution in [2.24, 2.45) is 0 Å². The minimum absolute atomic E-state index is 0.00779. The number of hydrogen-bond donors (Lipinski definition) is 0. The van der Waals surface area contributed by atoms with Gasteiger partial charge in [0.2, 0.25) is 0 Å². The fraction of sp³-hybridized carbons (Fsp3) is 0.721. The van der Waals surface area contributed by atoms with Crippen LogP contribution in [0, 0.1) is 0 Å². The summed E-state index contributed by atoms with van der Waals surface area (Å²) in [7, 11) is 0. The molecule has 0 heteroatoms. The lowest BCUT2D eigenvalue weighted by molar-refractivity contribution is 0.456. The molecule has 0 atom stereocenters. The van der Waals surface area contributed by atoms with Crippen molar-refractivity contribution in [2.75, 3.05) is 0 Å².